The number of nitrogens with zero attached hydrogens (tertiary/aromatic N) is 5. The molecule has 0 unspecified atom stereocenters. The lowest BCUT2D eigenvalue weighted by molar-refractivity contribution is 0.425. The molecule has 0 atom stereocenters. The van der Waals surface area contributed by atoms with E-state index >= 15 is 0 Å². The maximum Gasteiger partial charge on any atom is 0.159 e. The summed E-state index contributed by atoms with van der Waals surface area (Å²) in [5.74, 6) is 0.290. The van der Waals surface area contributed by atoms with Gasteiger partial charge in [-0.3, -0.25) is 15.1 Å². The lowest BCUT2D eigenvalue weighted by Gasteiger charge is -2.12. The average molecular weight is 493 g/mol. The maximum absolute atomic E-state index is 14.6. The monoisotopic (exact) mass is 492 g/mol. The fourth-order valence-electron chi connectivity index (χ4n) is 4.44. The lowest BCUT2D eigenvalue weighted by Crippen LogP contribution is -2.20. The Morgan fingerprint density at radius 3 is 2.68 bits per heavy atom. The fourth-order valence-corrected chi connectivity index (χ4v) is 4.44. The molecule has 0 fully saturated rings. The van der Waals surface area contributed by atoms with Gasteiger partial charge in [-0.05, 0) is 61.6 Å². The van der Waals surface area contributed by atoms with E-state index in [4.69, 9.17) is 4.98 Å². The third-order valence-electron chi connectivity index (χ3n) is 6.27. The van der Waals surface area contributed by atoms with E-state index in [1.54, 1.807) is 18.6 Å². The summed E-state index contributed by atoms with van der Waals surface area (Å²) in [6, 6.07) is 15.0. The number of pyridine rings is 2. The highest BCUT2D eigenvalue weighted by Crippen LogP contribution is 2.33. The van der Waals surface area contributed by atoms with Crippen molar-refractivity contribution < 1.29 is 4.39 Å². The Balaban J connectivity index is 1.41. The number of imidazole rings is 1. The number of benzene rings is 2. The standard InChI is InChI=1S/C28H25FN8/c1-37(2)9-8-32-21-11-19(10-20(29)13-21)23-15-31-16-25-26(23)34-28(33-25)27-22-12-17(5-6-24(22)35-36-27)18-4-3-7-30-14-18/h3-7,10-16,32H,8-9H2,1-2H3,(H,33,34)(H,35,36). The third-order valence-corrected chi connectivity index (χ3v) is 6.27. The first-order chi connectivity index (χ1) is 18.0. The Morgan fingerprint density at radius 1 is 0.919 bits per heavy atom. The van der Waals surface area contributed by atoms with Crippen molar-refractivity contribution in [3.8, 4) is 33.8 Å². The van der Waals surface area contributed by atoms with E-state index in [-0.39, 0.29) is 5.82 Å². The van der Waals surface area contributed by atoms with Crippen LogP contribution in [-0.2, 0) is 0 Å². The van der Waals surface area contributed by atoms with Gasteiger partial charge in [-0.1, -0.05) is 12.1 Å². The molecule has 6 rings (SSSR count). The number of aromatic nitrogens is 6. The van der Waals surface area contributed by atoms with Crippen molar-refractivity contribution in [2.45, 2.75) is 0 Å². The van der Waals surface area contributed by atoms with Crippen LogP contribution in [0.3, 0.4) is 0 Å². The number of hydrogen-bond donors (Lipinski definition) is 3. The molecule has 0 saturated carbocycles. The number of hydrogen-bond acceptors (Lipinski definition) is 6. The van der Waals surface area contributed by atoms with Crippen LogP contribution < -0.4 is 5.32 Å². The number of halogens is 1. The molecular weight excluding hydrogens is 467 g/mol. The maximum atomic E-state index is 14.6. The summed E-state index contributed by atoms with van der Waals surface area (Å²) in [4.78, 5) is 18.9. The van der Waals surface area contributed by atoms with Crippen molar-refractivity contribution in [2.24, 2.45) is 0 Å². The van der Waals surface area contributed by atoms with Crippen molar-refractivity contribution in [3.05, 3.63) is 79.1 Å². The third kappa shape index (κ3) is 4.52. The average Bonchev–Trinajstić information content (AvgIpc) is 3.52. The quantitative estimate of drug-likeness (QED) is 0.278. The zero-order valence-electron chi connectivity index (χ0n) is 20.5. The Kier molecular flexibility index (Phi) is 5.82. The van der Waals surface area contributed by atoms with E-state index in [0.717, 1.165) is 39.7 Å². The van der Waals surface area contributed by atoms with Crippen molar-refractivity contribution in [1.29, 1.82) is 0 Å². The molecule has 6 aromatic rings. The van der Waals surface area contributed by atoms with Gasteiger partial charge in [0, 0.05) is 53.9 Å². The van der Waals surface area contributed by atoms with Gasteiger partial charge in [0.25, 0.3) is 0 Å². The molecule has 184 valence electrons. The molecule has 0 aliphatic carbocycles. The topological polar surface area (TPSA) is 98.4 Å². The van der Waals surface area contributed by atoms with Crippen LogP contribution in [0.1, 0.15) is 0 Å². The lowest BCUT2D eigenvalue weighted by atomic mass is 10.0. The molecule has 4 aromatic heterocycles. The number of fused-ring (bicyclic) bond motifs is 2. The number of rotatable bonds is 7. The normalized spacial score (nSPS) is 11.6. The highest BCUT2D eigenvalue weighted by Gasteiger charge is 2.17. The summed E-state index contributed by atoms with van der Waals surface area (Å²) in [5, 5.41) is 11.9. The smallest absolute Gasteiger partial charge is 0.159 e. The van der Waals surface area contributed by atoms with Crippen LogP contribution in [0.2, 0.25) is 0 Å². The van der Waals surface area contributed by atoms with E-state index in [2.05, 4.69) is 41.4 Å². The van der Waals surface area contributed by atoms with Gasteiger partial charge in [-0.15, -0.1) is 0 Å². The molecule has 3 N–H and O–H groups in total. The zero-order chi connectivity index (χ0) is 25.4. The highest BCUT2D eigenvalue weighted by molar-refractivity contribution is 5.98. The fraction of sp³-hybridized carbons (Fsp3) is 0.143. The number of nitrogens with one attached hydrogen (secondary N) is 3. The summed E-state index contributed by atoms with van der Waals surface area (Å²) in [6.07, 6.45) is 7.03. The van der Waals surface area contributed by atoms with Gasteiger partial charge in [-0.25, -0.2) is 9.37 Å². The predicted molar refractivity (Wildman–Crippen MR) is 145 cm³/mol. The van der Waals surface area contributed by atoms with Crippen LogP contribution in [0.5, 0.6) is 0 Å². The van der Waals surface area contributed by atoms with Gasteiger partial charge >= 0.3 is 0 Å². The number of anilines is 1. The summed E-state index contributed by atoms with van der Waals surface area (Å²) < 4.78 is 14.6. The van der Waals surface area contributed by atoms with Gasteiger partial charge in [-0.2, -0.15) is 5.10 Å². The number of H-pyrrole nitrogens is 2. The molecule has 0 radical (unpaired) electrons. The van der Waals surface area contributed by atoms with E-state index < -0.39 is 0 Å². The van der Waals surface area contributed by atoms with Crippen LogP contribution in [-0.4, -0.2) is 62.2 Å². The molecule has 0 bridgehead atoms. The largest absolute Gasteiger partial charge is 0.384 e. The summed E-state index contributed by atoms with van der Waals surface area (Å²) in [5.41, 5.74) is 7.27. The zero-order valence-corrected chi connectivity index (χ0v) is 20.5. The minimum absolute atomic E-state index is 0.321. The first-order valence-electron chi connectivity index (χ1n) is 12.0. The first kappa shape index (κ1) is 22.8. The van der Waals surface area contributed by atoms with Gasteiger partial charge in [0.05, 0.1) is 22.7 Å². The van der Waals surface area contributed by atoms with Crippen molar-refractivity contribution >= 4 is 27.6 Å². The van der Waals surface area contributed by atoms with Crippen LogP contribution in [0.15, 0.2) is 73.3 Å². The van der Waals surface area contributed by atoms with Crippen LogP contribution in [0.25, 0.3) is 55.7 Å². The SMILES string of the molecule is CN(C)CCNc1cc(F)cc(-c2cncc3[nH]c(-c4n[nH]c5ccc(-c6cccnc6)cc45)nc23)c1. The Hall–Kier alpha value is -4.63. The van der Waals surface area contributed by atoms with Gasteiger partial charge in [0.15, 0.2) is 5.82 Å². The summed E-state index contributed by atoms with van der Waals surface area (Å²) >= 11 is 0. The minimum atomic E-state index is -0.321. The second-order valence-electron chi connectivity index (χ2n) is 9.20. The van der Waals surface area contributed by atoms with Crippen molar-refractivity contribution in [2.75, 3.05) is 32.5 Å². The second-order valence-corrected chi connectivity index (χ2v) is 9.20. The van der Waals surface area contributed by atoms with Gasteiger partial charge in [0.1, 0.15) is 11.5 Å². The van der Waals surface area contributed by atoms with E-state index in [0.29, 0.717) is 34.8 Å². The summed E-state index contributed by atoms with van der Waals surface area (Å²) in [7, 11) is 4.00. The van der Waals surface area contributed by atoms with Crippen molar-refractivity contribution in [3.63, 3.8) is 0 Å². The second kappa shape index (κ2) is 9.44. The molecule has 0 saturated heterocycles. The molecule has 37 heavy (non-hydrogen) atoms. The van der Waals surface area contributed by atoms with Gasteiger partial charge < -0.3 is 15.2 Å². The molecule has 4 heterocycles. The first-order valence-corrected chi connectivity index (χ1v) is 12.0. The molecule has 0 spiro atoms. The molecule has 0 aliphatic heterocycles. The van der Waals surface area contributed by atoms with E-state index in [1.807, 2.05) is 50.6 Å². The molecule has 9 heteroatoms. The van der Waals surface area contributed by atoms with Crippen LogP contribution >= 0.6 is 0 Å². The highest BCUT2D eigenvalue weighted by atomic mass is 19.1. The molecule has 0 aliphatic rings. The Morgan fingerprint density at radius 2 is 1.84 bits per heavy atom. The minimum Gasteiger partial charge on any atom is -0.384 e. The summed E-state index contributed by atoms with van der Waals surface area (Å²) in [6.45, 7) is 1.55. The van der Waals surface area contributed by atoms with E-state index in [9.17, 15) is 4.39 Å². The molecular formula is C28H25FN8. The van der Waals surface area contributed by atoms with Crippen LogP contribution in [0.4, 0.5) is 10.1 Å². The van der Waals surface area contributed by atoms with Gasteiger partial charge in [0.2, 0.25) is 0 Å². The number of aromatic amines is 2. The predicted octanol–water partition coefficient (Wildman–Crippen LogP) is 5.34. The Bertz CT molecular complexity index is 1700. The van der Waals surface area contributed by atoms with Crippen molar-refractivity contribution in [1.82, 2.24) is 35.0 Å². The molecule has 2 aromatic carbocycles. The Labute approximate surface area is 212 Å². The molecule has 0 amide bonds. The van der Waals surface area contributed by atoms with E-state index in [1.165, 1.54) is 12.1 Å². The van der Waals surface area contributed by atoms with Crippen LogP contribution in [0, 0.1) is 5.82 Å². The molecule has 8 nitrogen and oxygen atoms in total. The number of likely N-dealkylation sites (N-methyl/N-ethyl adjacent to an activating group) is 1.